The Kier molecular flexibility index (Phi) is 9.00. The predicted octanol–water partition coefficient (Wildman–Crippen LogP) is -0.474. The predicted molar refractivity (Wildman–Crippen MR) is 104 cm³/mol. The van der Waals surface area contributed by atoms with Crippen LogP contribution in [-0.2, 0) is 25.8 Å². The topological polar surface area (TPSA) is 0 Å². The van der Waals surface area contributed by atoms with E-state index in [1.165, 1.54) is 32.2 Å². The van der Waals surface area contributed by atoms with Crippen molar-refractivity contribution in [3.63, 3.8) is 0 Å². The molecule has 5 heteroatoms. The van der Waals surface area contributed by atoms with Gasteiger partial charge in [0.05, 0.1) is 0 Å². The monoisotopic (exact) mass is 570 g/mol. The third-order valence-corrected chi connectivity index (χ3v) is 11.4. The maximum atomic E-state index is 2.44. The maximum Gasteiger partial charge on any atom is 4.00 e. The number of rotatable bonds is 3. The van der Waals surface area contributed by atoms with E-state index in [2.05, 4.69) is 86.1 Å². The molecule has 0 aliphatic heterocycles. The fourth-order valence-electron chi connectivity index (χ4n) is 2.99. The minimum Gasteiger partial charge on any atom is -1.00 e. The molecule has 0 nitrogen and oxygen atoms in total. The van der Waals surface area contributed by atoms with Gasteiger partial charge in [-0.1, -0.05) is 27.4 Å². The molecule has 25 heavy (non-hydrogen) atoms. The summed E-state index contributed by atoms with van der Waals surface area (Å²) in [6, 6.07) is 27.0. The van der Waals surface area contributed by atoms with Gasteiger partial charge in [0.1, 0.15) is 0 Å². The second-order valence-electron chi connectivity index (χ2n) is 5.73. The van der Waals surface area contributed by atoms with Crippen molar-refractivity contribution in [3.8, 4) is 0 Å². The van der Waals surface area contributed by atoms with Crippen molar-refractivity contribution >= 4 is 47.4 Å². The Hall–Kier alpha value is -0.0299. The van der Waals surface area contributed by atoms with E-state index in [0.717, 1.165) is 0 Å². The van der Waals surface area contributed by atoms with Gasteiger partial charge in [-0.2, -0.15) is 12.1 Å². The van der Waals surface area contributed by atoms with Crippen LogP contribution in [0.1, 0.15) is 0 Å². The van der Waals surface area contributed by atoms with Crippen molar-refractivity contribution in [2.75, 3.05) is 13.3 Å². The van der Waals surface area contributed by atoms with E-state index in [9.17, 15) is 0 Å². The molecule has 0 fully saturated rings. The minimum absolute atomic E-state index is 0. The zero-order chi connectivity index (χ0) is 15.1. The Morgan fingerprint density at radius 3 is 1.36 bits per heavy atom. The standard InChI is InChI=1S/C20H18P2.2ClH.Hf/c1-21(19-11-15-7-3-4-8-16(15)12-19)22(2)20-13-17-9-5-6-10-18(17)14-20;;;/h3-14H,1-2H3;2*1H;/q-2;;;+4/p-2. The van der Waals surface area contributed by atoms with Gasteiger partial charge in [0.15, 0.2) is 0 Å². The molecule has 4 aromatic carbocycles. The molecular formula is C20H18Cl2HfP2. The van der Waals surface area contributed by atoms with Crippen molar-refractivity contribution < 1.29 is 50.7 Å². The van der Waals surface area contributed by atoms with Gasteiger partial charge >= 0.3 is 25.8 Å². The van der Waals surface area contributed by atoms with Crippen LogP contribution in [0.3, 0.4) is 0 Å². The SMILES string of the molecule is CP(c1cc2ccccc2[cH-]1)P(C)c1cc2ccccc2[cH-]1.[Cl-].[Cl-].[Hf+4]. The second kappa shape index (κ2) is 9.77. The molecule has 0 saturated heterocycles. The Bertz CT molecular complexity index is 801. The summed E-state index contributed by atoms with van der Waals surface area (Å²) in [5.74, 6) is 0. The van der Waals surface area contributed by atoms with Crippen LogP contribution in [0.2, 0.25) is 0 Å². The van der Waals surface area contributed by atoms with Crippen LogP contribution in [0.5, 0.6) is 0 Å². The van der Waals surface area contributed by atoms with E-state index in [0.29, 0.717) is 0 Å². The summed E-state index contributed by atoms with van der Waals surface area (Å²) in [6.45, 7) is 4.87. The normalized spacial score (nSPS) is 12.7. The molecule has 2 unspecified atom stereocenters. The van der Waals surface area contributed by atoms with Crippen LogP contribution in [0, 0.1) is 0 Å². The van der Waals surface area contributed by atoms with Gasteiger partial charge < -0.3 is 24.8 Å². The molecule has 126 valence electrons. The molecule has 0 aliphatic carbocycles. The van der Waals surface area contributed by atoms with Gasteiger partial charge in [0, 0.05) is 0 Å². The minimum atomic E-state index is -0.132. The quantitative estimate of drug-likeness (QED) is 0.178. The fraction of sp³-hybridized carbons (Fsp3) is 0.100. The zero-order valence-electron chi connectivity index (χ0n) is 14.1. The van der Waals surface area contributed by atoms with Gasteiger partial charge in [0.25, 0.3) is 0 Å². The van der Waals surface area contributed by atoms with Gasteiger partial charge in [-0.05, 0) is 13.3 Å². The van der Waals surface area contributed by atoms with E-state index in [-0.39, 0.29) is 65.9 Å². The summed E-state index contributed by atoms with van der Waals surface area (Å²) in [6.07, 6.45) is 0. The van der Waals surface area contributed by atoms with Crippen LogP contribution in [0.25, 0.3) is 21.5 Å². The molecule has 0 spiro atoms. The number of hydrogen-bond acceptors (Lipinski definition) is 0. The molecule has 0 bridgehead atoms. The van der Waals surface area contributed by atoms with Crippen molar-refractivity contribution in [2.45, 2.75) is 0 Å². The second-order valence-corrected chi connectivity index (χ2v) is 12.5. The fourth-order valence-corrected chi connectivity index (χ4v) is 7.76. The number of halogens is 2. The molecular weight excluding hydrogens is 552 g/mol. The first-order valence-electron chi connectivity index (χ1n) is 7.51. The first kappa shape index (κ1) is 23.0. The van der Waals surface area contributed by atoms with Gasteiger partial charge in [0.2, 0.25) is 0 Å². The van der Waals surface area contributed by atoms with Crippen molar-refractivity contribution in [3.05, 3.63) is 72.8 Å². The molecule has 0 aromatic heterocycles. The summed E-state index contributed by atoms with van der Waals surface area (Å²) in [5.41, 5.74) is 0. The molecule has 0 aliphatic rings. The van der Waals surface area contributed by atoms with Crippen LogP contribution >= 0.6 is 15.2 Å². The first-order valence-corrected chi connectivity index (χ1v) is 11.8. The first-order chi connectivity index (χ1) is 10.7. The van der Waals surface area contributed by atoms with Crippen LogP contribution in [0.15, 0.2) is 72.8 Å². The summed E-state index contributed by atoms with van der Waals surface area (Å²) < 4.78 is 0. The Morgan fingerprint density at radius 1 is 0.640 bits per heavy atom. The van der Waals surface area contributed by atoms with Crippen LogP contribution in [-0.4, -0.2) is 13.3 Å². The third kappa shape index (κ3) is 4.63. The van der Waals surface area contributed by atoms with Gasteiger partial charge in [-0.3, -0.25) is 0 Å². The maximum absolute atomic E-state index is 2.44. The van der Waals surface area contributed by atoms with E-state index in [1.807, 2.05) is 0 Å². The third-order valence-electron chi connectivity index (χ3n) is 4.40. The van der Waals surface area contributed by atoms with E-state index >= 15 is 0 Å². The number of hydrogen-bond donors (Lipinski definition) is 0. The van der Waals surface area contributed by atoms with Crippen LogP contribution in [0.4, 0.5) is 0 Å². The largest absolute Gasteiger partial charge is 4.00 e. The molecule has 2 atom stereocenters. The Labute approximate surface area is 183 Å². The molecule has 0 amide bonds. The zero-order valence-corrected chi connectivity index (χ0v) is 21.0. The van der Waals surface area contributed by atoms with Crippen molar-refractivity contribution in [1.82, 2.24) is 0 Å². The summed E-state index contributed by atoms with van der Waals surface area (Å²) in [4.78, 5) is 0. The van der Waals surface area contributed by atoms with Crippen LogP contribution < -0.4 is 35.4 Å². The Morgan fingerprint density at radius 2 is 1.00 bits per heavy atom. The van der Waals surface area contributed by atoms with Gasteiger partial charge in [-0.15, -0.1) is 80.7 Å². The van der Waals surface area contributed by atoms with E-state index in [4.69, 9.17) is 0 Å². The summed E-state index contributed by atoms with van der Waals surface area (Å²) in [5, 5.41) is 8.59. The Balaban J connectivity index is 0.00000104. The summed E-state index contributed by atoms with van der Waals surface area (Å²) in [7, 11) is -0.264. The number of fused-ring (bicyclic) bond motifs is 2. The van der Waals surface area contributed by atoms with Crippen molar-refractivity contribution in [1.29, 1.82) is 0 Å². The smallest absolute Gasteiger partial charge is 1.00 e. The van der Waals surface area contributed by atoms with Crippen molar-refractivity contribution in [2.24, 2.45) is 0 Å². The number of benzene rings is 2. The molecule has 4 rings (SSSR count). The molecule has 0 saturated carbocycles. The molecule has 0 radical (unpaired) electrons. The van der Waals surface area contributed by atoms with E-state index in [1.54, 1.807) is 0 Å². The molecule has 0 N–H and O–H groups in total. The van der Waals surface area contributed by atoms with Gasteiger partial charge in [-0.25, -0.2) is 0 Å². The van der Waals surface area contributed by atoms with E-state index < -0.39 is 0 Å². The average Bonchev–Trinajstić information content (AvgIpc) is 3.16. The average molecular weight is 570 g/mol. The molecule has 4 aromatic rings. The summed E-state index contributed by atoms with van der Waals surface area (Å²) >= 11 is 0. The molecule has 0 heterocycles.